The van der Waals surface area contributed by atoms with Gasteiger partial charge in [0.1, 0.15) is 0 Å². The topological polar surface area (TPSA) is 71.1 Å². The number of Topliss-reactive ketones (excluding diaryl/α,β-unsaturated/α-hetero) is 1. The van der Waals surface area contributed by atoms with E-state index in [1.165, 1.54) is 0 Å². The summed E-state index contributed by atoms with van der Waals surface area (Å²) in [7, 11) is 0. The monoisotopic (exact) mass is 333 g/mol. The molecule has 0 aliphatic rings. The van der Waals surface area contributed by atoms with E-state index in [9.17, 15) is 9.59 Å². The van der Waals surface area contributed by atoms with E-state index >= 15 is 0 Å². The highest BCUT2D eigenvalue weighted by Crippen LogP contribution is 2.20. The lowest BCUT2D eigenvalue weighted by Crippen LogP contribution is -2.41. The Morgan fingerprint density at radius 1 is 1.00 bits per heavy atom. The molecule has 0 bridgehead atoms. The summed E-state index contributed by atoms with van der Waals surface area (Å²) in [6, 6.07) is 17.9. The lowest BCUT2D eigenvalue weighted by Gasteiger charge is -2.14. The Labute approximate surface area is 146 Å². The van der Waals surface area contributed by atoms with Gasteiger partial charge in [-0.3, -0.25) is 14.6 Å². The lowest BCUT2D eigenvalue weighted by molar-refractivity contribution is -0.118. The van der Waals surface area contributed by atoms with Crippen LogP contribution in [-0.2, 0) is 4.79 Å². The number of ketones is 1. The first-order valence-corrected chi connectivity index (χ1v) is 8.11. The smallest absolute Gasteiger partial charge is 0.251 e. The number of fused-ring (bicyclic) bond motifs is 1. The van der Waals surface area contributed by atoms with Crippen molar-refractivity contribution in [2.75, 3.05) is 11.9 Å². The number of nitrogens with zero attached hydrogens (tertiary/aromatic N) is 1. The number of aromatic nitrogens is 1. The number of hydrogen-bond donors (Lipinski definition) is 2. The molecule has 2 aromatic carbocycles. The number of nitrogens with one attached hydrogen (secondary N) is 2. The minimum atomic E-state index is -0.580. The summed E-state index contributed by atoms with van der Waals surface area (Å²) in [5.41, 5.74) is 2.15. The summed E-state index contributed by atoms with van der Waals surface area (Å²) in [4.78, 5) is 28.8. The molecule has 1 amide bonds. The molecular formula is C20H19N3O2. The molecule has 0 spiro atoms. The Balaban J connectivity index is 1.61. The summed E-state index contributed by atoms with van der Waals surface area (Å²) in [6.45, 7) is 1.80. The van der Waals surface area contributed by atoms with Crippen molar-refractivity contribution in [3.63, 3.8) is 0 Å². The quantitative estimate of drug-likeness (QED) is 0.727. The Hall–Kier alpha value is -3.21. The Morgan fingerprint density at radius 2 is 1.76 bits per heavy atom. The van der Waals surface area contributed by atoms with E-state index in [1.54, 1.807) is 37.4 Å². The SMILES string of the molecule is C[C@H](NC(=O)c1ccccc1)C(=O)CNc1cccc2cccnc12. The van der Waals surface area contributed by atoms with Gasteiger partial charge in [-0.2, -0.15) is 0 Å². The van der Waals surface area contributed by atoms with Crippen LogP contribution in [0.4, 0.5) is 5.69 Å². The maximum Gasteiger partial charge on any atom is 0.251 e. The predicted molar refractivity (Wildman–Crippen MR) is 98.6 cm³/mol. The van der Waals surface area contributed by atoms with Gasteiger partial charge in [0, 0.05) is 17.1 Å². The van der Waals surface area contributed by atoms with Crippen LogP contribution in [0.15, 0.2) is 66.9 Å². The third-order valence-corrected chi connectivity index (χ3v) is 3.95. The molecule has 2 N–H and O–H groups in total. The first-order chi connectivity index (χ1) is 12.1. The van der Waals surface area contributed by atoms with Crippen LogP contribution < -0.4 is 10.6 Å². The fraction of sp³-hybridized carbons (Fsp3) is 0.150. The van der Waals surface area contributed by atoms with Gasteiger partial charge in [-0.05, 0) is 31.2 Å². The van der Waals surface area contributed by atoms with Gasteiger partial charge in [-0.25, -0.2) is 0 Å². The molecule has 126 valence electrons. The average Bonchev–Trinajstić information content (AvgIpc) is 2.66. The zero-order valence-electron chi connectivity index (χ0n) is 13.9. The Kier molecular flexibility index (Phi) is 5.04. The zero-order chi connectivity index (χ0) is 17.6. The van der Waals surface area contributed by atoms with Crippen LogP contribution >= 0.6 is 0 Å². The standard InChI is InChI=1S/C20H19N3O2/c1-14(23-20(25)16-7-3-2-4-8-16)18(24)13-22-17-11-5-9-15-10-6-12-21-19(15)17/h2-12,14,22H,13H2,1H3,(H,23,25)/t14-/m0/s1. The van der Waals surface area contributed by atoms with Crippen molar-refractivity contribution >= 4 is 28.3 Å². The van der Waals surface area contributed by atoms with E-state index in [0.717, 1.165) is 16.6 Å². The van der Waals surface area contributed by atoms with Crippen molar-refractivity contribution in [3.05, 3.63) is 72.4 Å². The van der Waals surface area contributed by atoms with E-state index < -0.39 is 6.04 Å². The molecule has 1 aromatic heterocycles. The predicted octanol–water partition coefficient (Wildman–Crippen LogP) is 3.03. The Bertz CT molecular complexity index is 888. The third-order valence-electron chi connectivity index (χ3n) is 3.95. The molecule has 0 saturated heterocycles. The van der Waals surface area contributed by atoms with Crippen LogP contribution in [0.5, 0.6) is 0 Å². The number of amides is 1. The molecule has 0 aliphatic carbocycles. The molecule has 0 unspecified atom stereocenters. The number of anilines is 1. The van der Waals surface area contributed by atoms with Crippen LogP contribution in [0.3, 0.4) is 0 Å². The molecule has 1 atom stereocenters. The van der Waals surface area contributed by atoms with Crippen molar-refractivity contribution in [1.29, 1.82) is 0 Å². The maximum atomic E-state index is 12.3. The van der Waals surface area contributed by atoms with Crippen LogP contribution in [0.25, 0.3) is 10.9 Å². The minimum absolute atomic E-state index is 0.0998. The van der Waals surface area contributed by atoms with Gasteiger partial charge in [0.15, 0.2) is 5.78 Å². The number of para-hydroxylation sites is 1. The van der Waals surface area contributed by atoms with Gasteiger partial charge < -0.3 is 10.6 Å². The van der Waals surface area contributed by atoms with E-state index in [1.807, 2.05) is 36.4 Å². The lowest BCUT2D eigenvalue weighted by atomic mass is 10.1. The normalized spacial score (nSPS) is 11.7. The minimum Gasteiger partial charge on any atom is -0.376 e. The Morgan fingerprint density at radius 3 is 2.56 bits per heavy atom. The molecule has 3 aromatic rings. The van der Waals surface area contributed by atoms with Crippen molar-refractivity contribution in [1.82, 2.24) is 10.3 Å². The summed E-state index contributed by atoms with van der Waals surface area (Å²) in [6.07, 6.45) is 1.72. The number of carbonyl (C=O) groups is 2. The van der Waals surface area contributed by atoms with E-state index in [0.29, 0.717) is 5.56 Å². The molecule has 5 heteroatoms. The second kappa shape index (κ2) is 7.57. The van der Waals surface area contributed by atoms with E-state index in [4.69, 9.17) is 0 Å². The van der Waals surface area contributed by atoms with Gasteiger partial charge in [0.05, 0.1) is 23.8 Å². The zero-order valence-corrected chi connectivity index (χ0v) is 13.9. The van der Waals surface area contributed by atoms with Gasteiger partial charge in [-0.15, -0.1) is 0 Å². The van der Waals surface area contributed by atoms with Crippen molar-refractivity contribution in [2.45, 2.75) is 13.0 Å². The highest BCUT2D eigenvalue weighted by Gasteiger charge is 2.16. The first-order valence-electron chi connectivity index (χ1n) is 8.11. The van der Waals surface area contributed by atoms with E-state index in [2.05, 4.69) is 15.6 Å². The van der Waals surface area contributed by atoms with Crippen LogP contribution in [0.1, 0.15) is 17.3 Å². The number of rotatable bonds is 6. The van der Waals surface area contributed by atoms with Crippen molar-refractivity contribution < 1.29 is 9.59 Å². The third kappa shape index (κ3) is 4.01. The molecule has 0 fully saturated rings. The molecule has 1 heterocycles. The van der Waals surface area contributed by atoms with Crippen molar-refractivity contribution in [3.8, 4) is 0 Å². The fourth-order valence-electron chi connectivity index (χ4n) is 2.53. The summed E-state index contributed by atoms with van der Waals surface area (Å²) >= 11 is 0. The second-order valence-corrected chi connectivity index (χ2v) is 5.76. The number of hydrogen-bond acceptors (Lipinski definition) is 4. The number of pyridine rings is 1. The molecule has 25 heavy (non-hydrogen) atoms. The average molecular weight is 333 g/mol. The van der Waals surface area contributed by atoms with Crippen molar-refractivity contribution in [2.24, 2.45) is 0 Å². The molecule has 0 saturated carbocycles. The van der Waals surface area contributed by atoms with Gasteiger partial charge in [0.2, 0.25) is 0 Å². The molecule has 0 aliphatic heterocycles. The highest BCUT2D eigenvalue weighted by atomic mass is 16.2. The molecule has 5 nitrogen and oxygen atoms in total. The maximum absolute atomic E-state index is 12.3. The van der Waals surface area contributed by atoms with Gasteiger partial charge >= 0.3 is 0 Å². The summed E-state index contributed by atoms with van der Waals surface area (Å²) in [5, 5.41) is 6.85. The van der Waals surface area contributed by atoms with Crippen LogP contribution in [0.2, 0.25) is 0 Å². The molecule has 0 radical (unpaired) electrons. The largest absolute Gasteiger partial charge is 0.376 e. The van der Waals surface area contributed by atoms with E-state index in [-0.39, 0.29) is 18.2 Å². The first kappa shape index (κ1) is 16.6. The second-order valence-electron chi connectivity index (χ2n) is 5.76. The number of benzene rings is 2. The van der Waals surface area contributed by atoms with Gasteiger partial charge in [-0.1, -0.05) is 36.4 Å². The van der Waals surface area contributed by atoms with Gasteiger partial charge in [0.25, 0.3) is 5.91 Å². The van der Waals surface area contributed by atoms with Crippen LogP contribution in [0, 0.1) is 0 Å². The highest BCUT2D eigenvalue weighted by molar-refractivity contribution is 5.99. The number of carbonyl (C=O) groups excluding carboxylic acids is 2. The molecular weight excluding hydrogens is 314 g/mol. The van der Waals surface area contributed by atoms with Crippen LogP contribution in [-0.4, -0.2) is 29.3 Å². The molecule has 3 rings (SSSR count). The summed E-state index contributed by atoms with van der Waals surface area (Å²) < 4.78 is 0. The fourth-order valence-corrected chi connectivity index (χ4v) is 2.53. The summed E-state index contributed by atoms with van der Waals surface area (Å²) in [5.74, 6) is -0.356.